The van der Waals surface area contributed by atoms with Crippen molar-refractivity contribution < 1.29 is 19.1 Å². The molecule has 0 aromatic heterocycles. The van der Waals surface area contributed by atoms with E-state index >= 15 is 0 Å². The molecule has 4 amide bonds. The Morgan fingerprint density at radius 1 is 1.13 bits per heavy atom. The first-order valence-electron chi connectivity index (χ1n) is 9.02. The highest BCUT2D eigenvalue weighted by atomic mass is 79.9. The van der Waals surface area contributed by atoms with Crippen LogP contribution in [0.3, 0.4) is 0 Å². The lowest BCUT2D eigenvalue weighted by molar-refractivity contribution is -0.122. The SMILES string of the molecule is CCCOc1c(Br)cc(/C=C2\C(=O)NC(=O)N(c3ccc(C)c(Cl)c3)C2=O)cc1Br. The smallest absolute Gasteiger partial charge is 0.335 e. The minimum absolute atomic E-state index is 0.174. The number of amides is 4. The number of rotatable bonds is 5. The van der Waals surface area contributed by atoms with E-state index in [-0.39, 0.29) is 11.3 Å². The molecule has 1 aliphatic heterocycles. The van der Waals surface area contributed by atoms with Gasteiger partial charge in [-0.1, -0.05) is 24.6 Å². The summed E-state index contributed by atoms with van der Waals surface area (Å²) >= 11 is 13.0. The van der Waals surface area contributed by atoms with Gasteiger partial charge >= 0.3 is 6.03 Å². The number of imide groups is 2. The lowest BCUT2D eigenvalue weighted by Crippen LogP contribution is -2.54. The maximum atomic E-state index is 13.0. The summed E-state index contributed by atoms with van der Waals surface area (Å²) in [5, 5.41) is 2.61. The Morgan fingerprint density at radius 3 is 2.40 bits per heavy atom. The molecule has 1 saturated heterocycles. The number of aryl methyl sites for hydroxylation is 1. The van der Waals surface area contributed by atoms with E-state index in [4.69, 9.17) is 16.3 Å². The van der Waals surface area contributed by atoms with Crippen LogP contribution >= 0.6 is 43.5 Å². The highest BCUT2D eigenvalue weighted by molar-refractivity contribution is 9.11. The molecule has 1 N–H and O–H groups in total. The van der Waals surface area contributed by atoms with Crippen molar-refractivity contribution >= 4 is 73.1 Å². The minimum Gasteiger partial charge on any atom is -0.491 e. The van der Waals surface area contributed by atoms with Crippen molar-refractivity contribution in [3.8, 4) is 5.75 Å². The fourth-order valence-electron chi connectivity index (χ4n) is 2.78. The molecule has 1 aliphatic rings. The number of benzene rings is 2. The Hall–Kier alpha value is -2.16. The molecule has 0 saturated carbocycles. The summed E-state index contributed by atoms with van der Waals surface area (Å²) in [5.41, 5.74) is 1.48. The van der Waals surface area contributed by atoms with Crippen molar-refractivity contribution in [1.82, 2.24) is 5.32 Å². The fourth-order valence-corrected chi connectivity index (χ4v) is 4.41. The first-order chi connectivity index (χ1) is 14.2. The Kier molecular flexibility index (Phi) is 7.00. The van der Waals surface area contributed by atoms with E-state index in [1.165, 1.54) is 12.1 Å². The molecule has 0 radical (unpaired) electrons. The molecular formula is C21H17Br2ClN2O4. The lowest BCUT2D eigenvalue weighted by atomic mass is 10.1. The Morgan fingerprint density at radius 2 is 1.80 bits per heavy atom. The molecule has 0 unspecified atom stereocenters. The number of nitrogens with zero attached hydrogens (tertiary/aromatic N) is 1. The van der Waals surface area contributed by atoms with Gasteiger partial charge in [0.05, 0.1) is 21.2 Å². The number of hydrogen-bond acceptors (Lipinski definition) is 4. The predicted octanol–water partition coefficient (Wildman–Crippen LogP) is 5.63. The molecule has 9 heteroatoms. The average Bonchev–Trinajstić information content (AvgIpc) is 2.67. The Balaban J connectivity index is 1.99. The maximum absolute atomic E-state index is 13.0. The number of carbonyl (C=O) groups is 3. The van der Waals surface area contributed by atoms with Crippen molar-refractivity contribution in [3.05, 3.63) is 61.0 Å². The van der Waals surface area contributed by atoms with Crippen LogP contribution in [0.2, 0.25) is 5.02 Å². The average molecular weight is 557 g/mol. The second kappa shape index (κ2) is 9.32. The molecule has 156 valence electrons. The van der Waals surface area contributed by atoms with E-state index in [0.29, 0.717) is 31.9 Å². The third kappa shape index (κ3) is 4.61. The van der Waals surface area contributed by atoms with Gasteiger partial charge in [0.15, 0.2) is 0 Å². The number of nitrogens with one attached hydrogen (secondary N) is 1. The number of urea groups is 1. The summed E-state index contributed by atoms with van der Waals surface area (Å²) in [7, 11) is 0. The van der Waals surface area contributed by atoms with Gasteiger partial charge in [-0.3, -0.25) is 14.9 Å². The van der Waals surface area contributed by atoms with Crippen LogP contribution in [0, 0.1) is 6.92 Å². The zero-order chi connectivity index (χ0) is 22.0. The Bertz CT molecular complexity index is 1060. The largest absolute Gasteiger partial charge is 0.491 e. The van der Waals surface area contributed by atoms with Crippen LogP contribution in [0.15, 0.2) is 44.9 Å². The molecule has 0 bridgehead atoms. The topological polar surface area (TPSA) is 75.7 Å². The summed E-state index contributed by atoms with van der Waals surface area (Å²) in [6, 6.07) is 7.43. The quantitative estimate of drug-likeness (QED) is 0.383. The molecule has 2 aromatic carbocycles. The van der Waals surface area contributed by atoms with Crippen LogP contribution in [0.25, 0.3) is 6.08 Å². The molecule has 0 aliphatic carbocycles. The number of halogens is 3. The molecule has 1 fully saturated rings. The van der Waals surface area contributed by atoms with Gasteiger partial charge < -0.3 is 4.74 Å². The van der Waals surface area contributed by atoms with Crippen molar-refractivity contribution in [2.45, 2.75) is 20.3 Å². The van der Waals surface area contributed by atoms with E-state index in [1.54, 1.807) is 24.3 Å². The van der Waals surface area contributed by atoms with Crippen LogP contribution in [0.1, 0.15) is 24.5 Å². The second-order valence-electron chi connectivity index (χ2n) is 6.55. The first-order valence-corrected chi connectivity index (χ1v) is 11.0. The third-order valence-corrected chi connectivity index (χ3v) is 5.88. The molecule has 6 nitrogen and oxygen atoms in total. The molecule has 2 aromatic rings. The normalized spacial score (nSPS) is 15.6. The zero-order valence-electron chi connectivity index (χ0n) is 16.1. The van der Waals surface area contributed by atoms with E-state index < -0.39 is 17.8 Å². The van der Waals surface area contributed by atoms with Gasteiger partial charge in [0.25, 0.3) is 11.8 Å². The summed E-state index contributed by atoms with van der Waals surface area (Å²) in [6.07, 6.45) is 2.28. The van der Waals surface area contributed by atoms with Gasteiger partial charge in [-0.05, 0) is 86.7 Å². The van der Waals surface area contributed by atoms with Crippen LogP contribution in [-0.4, -0.2) is 24.5 Å². The van der Waals surface area contributed by atoms with Gasteiger partial charge in [0.2, 0.25) is 0 Å². The predicted molar refractivity (Wildman–Crippen MR) is 123 cm³/mol. The summed E-state index contributed by atoms with van der Waals surface area (Å²) < 4.78 is 7.02. The number of hydrogen-bond donors (Lipinski definition) is 1. The fraction of sp³-hybridized carbons (Fsp3) is 0.190. The van der Waals surface area contributed by atoms with E-state index in [0.717, 1.165) is 16.9 Å². The number of barbiturate groups is 1. The van der Waals surface area contributed by atoms with Crippen LogP contribution < -0.4 is 15.0 Å². The number of ether oxygens (including phenoxy) is 1. The minimum atomic E-state index is -0.826. The maximum Gasteiger partial charge on any atom is 0.335 e. The van der Waals surface area contributed by atoms with Gasteiger partial charge in [-0.15, -0.1) is 0 Å². The zero-order valence-corrected chi connectivity index (χ0v) is 20.0. The second-order valence-corrected chi connectivity index (χ2v) is 8.67. The molecule has 0 atom stereocenters. The van der Waals surface area contributed by atoms with Gasteiger partial charge in [0.1, 0.15) is 11.3 Å². The van der Waals surface area contributed by atoms with Crippen LogP contribution in [0.5, 0.6) is 5.75 Å². The van der Waals surface area contributed by atoms with E-state index in [2.05, 4.69) is 37.2 Å². The lowest BCUT2D eigenvalue weighted by Gasteiger charge is -2.26. The summed E-state index contributed by atoms with van der Waals surface area (Å²) in [6.45, 7) is 4.36. The van der Waals surface area contributed by atoms with Crippen molar-refractivity contribution in [3.63, 3.8) is 0 Å². The monoisotopic (exact) mass is 554 g/mol. The summed E-state index contributed by atoms with van der Waals surface area (Å²) in [5.74, 6) is -0.871. The van der Waals surface area contributed by atoms with Crippen molar-refractivity contribution in [2.75, 3.05) is 11.5 Å². The van der Waals surface area contributed by atoms with Crippen LogP contribution in [0.4, 0.5) is 10.5 Å². The van der Waals surface area contributed by atoms with E-state index in [1.807, 2.05) is 13.8 Å². The highest BCUT2D eigenvalue weighted by Crippen LogP contribution is 2.36. The van der Waals surface area contributed by atoms with E-state index in [9.17, 15) is 14.4 Å². The standard InChI is InChI=1S/C21H17Br2ClN2O4/c1-3-6-30-18-15(22)8-12(9-16(18)23)7-14-19(27)25-21(29)26(20(14)28)13-5-4-11(2)17(24)10-13/h4-5,7-10H,3,6H2,1-2H3,(H,25,27,29)/b14-7+. The molecular weight excluding hydrogens is 540 g/mol. The molecule has 1 heterocycles. The molecule has 0 spiro atoms. The van der Waals surface area contributed by atoms with Crippen molar-refractivity contribution in [2.24, 2.45) is 0 Å². The van der Waals surface area contributed by atoms with Gasteiger partial charge in [0, 0.05) is 5.02 Å². The Labute approximate surface area is 195 Å². The third-order valence-electron chi connectivity index (χ3n) is 4.30. The molecule has 3 rings (SSSR count). The number of anilines is 1. The first kappa shape index (κ1) is 22.5. The van der Waals surface area contributed by atoms with Crippen LogP contribution in [-0.2, 0) is 9.59 Å². The number of carbonyl (C=O) groups excluding carboxylic acids is 3. The van der Waals surface area contributed by atoms with Gasteiger partial charge in [-0.2, -0.15) is 0 Å². The van der Waals surface area contributed by atoms with Crippen molar-refractivity contribution in [1.29, 1.82) is 0 Å². The summed E-state index contributed by atoms with van der Waals surface area (Å²) in [4.78, 5) is 38.6. The highest BCUT2D eigenvalue weighted by Gasteiger charge is 2.37. The van der Waals surface area contributed by atoms with Gasteiger partial charge in [-0.25, -0.2) is 9.69 Å². The molecule has 30 heavy (non-hydrogen) atoms.